The van der Waals surface area contributed by atoms with Gasteiger partial charge in [-0.15, -0.1) is 11.8 Å². The third-order valence-corrected chi connectivity index (χ3v) is 4.41. The van der Waals surface area contributed by atoms with Crippen LogP contribution >= 0.6 is 11.8 Å². The van der Waals surface area contributed by atoms with Gasteiger partial charge in [-0.25, -0.2) is 0 Å². The lowest BCUT2D eigenvalue weighted by Crippen LogP contribution is -2.33. The van der Waals surface area contributed by atoms with E-state index in [1.165, 1.54) is 23.1 Å². The van der Waals surface area contributed by atoms with Crippen molar-refractivity contribution in [1.82, 2.24) is 0 Å². The first-order valence-electron chi connectivity index (χ1n) is 5.68. The number of hydrogen-bond acceptors (Lipinski definition) is 2. The van der Waals surface area contributed by atoms with E-state index in [4.69, 9.17) is 5.41 Å². The van der Waals surface area contributed by atoms with Gasteiger partial charge in [0.05, 0.1) is 0 Å². The summed E-state index contributed by atoms with van der Waals surface area (Å²) in [4.78, 5) is 1.35. The zero-order valence-electron chi connectivity index (χ0n) is 10.4. The van der Waals surface area contributed by atoms with E-state index in [2.05, 4.69) is 39.8 Å². The summed E-state index contributed by atoms with van der Waals surface area (Å²) in [5, 5.41) is 7.32. The summed E-state index contributed by atoms with van der Waals surface area (Å²) in [6.45, 7) is 9.24. The molecule has 0 saturated carbocycles. The molecule has 1 nitrogen and oxygen atoms in total. The van der Waals surface area contributed by atoms with Crippen molar-refractivity contribution in [3.63, 3.8) is 0 Å². The highest BCUT2D eigenvalue weighted by Crippen LogP contribution is 2.50. The molecule has 1 heterocycles. The molecule has 86 valence electrons. The Hall–Kier alpha value is -0.760. The van der Waals surface area contributed by atoms with Crippen molar-refractivity contribution in [2.24, 2.45) is 0 Å². The highest BCUT2D eigenvalue weighted by molar-refractivity contribution is 8.00. The van der Waals surface area contributed by atoms with Crippen LogP contribution in [0.4, 0.5) is 0 Å². The highest BCUT2D eigenvalue weighted by atomic mass is 32.2. The van der Waals surface area contributed by atoms with Crippen molar-refractivity contribution in [3.05, 3.63) is 29.3 Å². The van der Waals surface area contributed by atoms with Crippen molar-refractivity contribution in [2.45, 2.75) is 49.2 Å². The quantitative estimate of drug-likeness (QED) is 0.721. The van der Waals surface area contributed by atoms with Gasteiger partial charge < -0.3 is 5.41 Å². The van der Waals surface area contributed by atoms with Crippen LogP contribution in [0.15, 0.2) is 23.1 Å². The first-order valence-corrected chi connectivity index (χ1v) is 6.50. The van der Waals surface area contributed by atoms with Crippen LogP contribution in [0.25, 0.3) is 0 Å². The largest absolute Gasteiger partial charge is 0.308 e. The zero-order valence-corrected chi connectivity index (χ0v) is 11.2. The van der Waals surface area contributed by atoms with Crippen LogP contribution in [0.1, 0.15) is 45.2 Å². The normalized spacial score (nSPS) is 21.2. The molecule has 16 heavy (non-hydrogen) atoms. The van der Waals surface area contributed by atoms with E-state index in [-0.39, 0.29) is 10.2 Å². The fourth-order valence-corrected chi connectivity index (χ4v) is 4.44. The number of benzene rings is 1. The Bertz CT molecular complexity index is 432. The summed E-state index contributed by atoms with van der Waals surface area (Å²) >= 11 is 1.94. The van der Waals surface area contributed by atoms with Gasteiger partial charge in [0, 0.05) is 15.9 Å². The summed E-state index contributed by atoms with van der Waals surface area (Å²) in [6.07, 6.45) is 2.62. The molecule has 0 fully saturated rings. The van der Waals surface area contributed by atoms with Gasteiger partial charge in [0.2, 0.25) is 0 Å². The number of hydrogen-bond donors (Lipinski definition) is 1. The summed E-state index contributed by atoms with van der Waals surface area (Å²) in [6, 6.07) is 6.39. The summed E-state index contributed by atoms with van der Waals surface area (Å²) in [5.41, 5.74) is 2.67. The van der Waals surface area contributed by atoms with Gasteiger partial charge in [-0.2, -0.15) is 0 Å². The third kappa shape index (κ3) is 2.03. The molecule has 0 atom stereocenters. The SMILES string of the molecule is CC1(C)CC(C)(C)c2ccc(C=N)cc2S1. The second-order valence-corrected chi connectivity index (χ2v) is 7.57. The Kier molecular flexibility index (Phi) is 2.66. The Morgan fingerprint density at radius 2 is 1.94 bits per heavy atom. The maximum atomic E-state index is 7.32. The molecule has 1 N–H and O–H groups in total. The van der Waals surface area contributed by atoms with E-state index in [1.54, 1.807) is 0 Å². The minimum absolute atomic E-state index is 0.241. The molecule has 0 amide bonds. The van der Waals surface area contributed by atoms with Crippen molar-refractivity contribution in [1.29, 1.82) is 5.41 Å². The van der Waals surface area contributed by atoms with Gasteiger partial charge in [0.25, 0.3) is 0 Å². The molecule has 1 aromatic carbocycles. The first-order chi connectivity index (χ1) is 7.34. The van der Waals surface area contributed by atoms with Gasteiger partial charge in [-0.1, -0.05) is 39.8 Å². The highest BCUT2D eigenvalue weighted by Gasteiger charge is 2.37. The monoisotopic (exact) mass is 233 g/mol. The van der Waals surface area contributed by atoms with Crippen LogP contribution in [-0.4, -0.2) is 11.0 Å². The number of thioether (sulfide) groups is 1. The lowest BCUT2D eigenvalue weighted by Gasteiger charge is -2.41. The van der Waals surface area contributed by atoms with Crippen LogP contribution in [0.2, 0.25) is 0 Å². The molecule has 1 aliphatic heterocycles. The Morgan fingerprint density at radius 1 is 1.25 bits per heavy atom. The Balaban J connectivity index is 2.55. The second kappa shape index (κ2) is 3.63. The Labute approximate surface area is 102 Å². The maximum absolute atomic E-state index is 7.32. The lowest BCUT2D eigenvalue weighted by molar-refractivity contribution is 0.408. The third-order valence-electron chi connectivity index (χ3n) is 3.16. The van der Waals surface area contributed by atoms with E-state index in [0.717, 1.165) is 5.56 Å². The fraction of sp³-hybridized carbons (Fsp3) is 0.500. The zero-order chi connectivity index (χ0) is 12.0. The molecule has 2 rings (SSSR count). The average Bonchev–Trinajstić information content (AvgIpc) is 2.13. The van der Waals surface area contributed by atoms with Crippen LogP contribution in [0, 0.1) is 5.41 Å². The molecule has 0 spiro atoms. The molecule has 0 bridgehead atoms. The molecular formula is C14H19NS. The van der Waals surface area contributed by atoms with Crippen LogP contribution in [0.5, 0.6) is 0 Å². The van der Waals surface area contributed by atoms with Gasteiger partial charge >= 0.3 is 0 Å². The second-order valence-electron chi connectivity index (χ2n) is 5.82. The molecule has 1 aromatic rings. The van der Waals surface area contributed by atoms with Crippen molar-refractivity contribution in [2.75, 3.05) is 0 Å². The maximum Gasteiger partial charge on any atom is 0.0250 e. The fourth-order valence-electron chi connectivity index (χ4n) is 2.77. The minimum atomic E-state index is 0.241. The topological polar surface area (TPSA) is 23.9 Å². The molecule has 0 saturated heterocycles. The van der Waals surface area contributed by atoms with E-state index in [9.17, 15) is 0 Å². The summed E-state index contributed by atoms with van der Waals surface area (Å²) in [5.74, 6) is 0. The van der Waals surface area contributed by atoms with Gasteiger partial charge in [0.15, 0.2) is 0 Å². The summed E-state index contributed by atoms with van der Waals surface area (Å²) in [7, 11) is 0. The minimum Gasteiger partial charge on any atom is -0.308 e. The van der Waals surface area contributed by atoms with Crippen LogP contribution in [0.3, 0.4) is 0 Å². The number of nitrogens with one attached hydrogen (secondary N) is 1. The predicted octanol–water partition coefficient (Wildman–Crippen LogP) is 4.24. The first kappa shape index (κ1) is 11.7. The molecule has 0 aromatic heterocycles. The van der Waals surface area contributed by atoms with Crippen LogP contribution in [-0.2, 0) is 5.41 Å². The Morgan fingerprint density at radius 3 is 2.56 bits per heavy atom. The van der Waals surface area contributed by atoms with Crippen molar-refractivity contribution in [3.8, 4) is 0 Å². The lowest BCUT2D eigenvalue weighted by atomic mass is 9.77. The van der Waals surface area contributed by atoms with Gasteiger partial charge in [-0.05, 0) is 29.0 Å². The smallest absolute Gasteiger partial charge is 0.0250 e. The number of fused-ring (bicyclic) bond motifs is 1. The molecule has 0 aliphatic carbocycles. The van der Waals surface area contributed by atoms with E-state index in [1.807, 2.05) is 17.8 Å². The standard InChI is InChI=1S/C14H19NS/c1-13(2)9-14(3,4)16-12-7-10(8-15)5-6-11(12)13/h5-8,15H,9H2,1-4H3. The molecule has 2 heteroatoms. The molecular weight excluding hydrogens is 214 g/mol. The molecule has 0 radical (unpaired) electrons. The van der Waals surface area contributed by atoms with Crippen LogP contribution < -0.4 is 0 Å². The molecule has 1 aliphatic rings. The predicted molar refractivity (Wildman–Crippen MR) is 71.9 cm³/mol. The van der Waals surface area contributed by atoms with Gasteiger partial charge in [0.1, 0.15) is 0 Å². The van der Waals surface area contributed by atoms with Gasteiger partial charge in [-0.3, -0.25) is 0 Å². The molecule has 0 unspecified atom stereocenters. The van der Waals surface area contributed by atoms with Crippen molar-refractivity contribution >= 4 is 18.0 Å². The average molecular weight is 233 g/mol. The number of rotatable bonds is 1. The van der Waals surface area contributed by atoms with E-state index < -0.39 is 0 Å². The van der Waals surface area contributed by atoms with E-state index in [0.29, 0.717) is 0 Å². The van der Waals surface area contributed by atoms with Crippen molar-refractivity contribution < 1.29 is 0 Å². The summed E-state index contributed by atoms with van der Waals surface area (Å²) < 4.78 is 0.289. The van der Waals surface area contributed by atoms with E-state index >= 15 is 0 Å².